The number of amides is 4. The summed E-state index contributed by atoms with van der Waals surface area (Å²) in [6.45, 7) is 0. The van der Waals surface area contributed by atoms with Gasteiger partial charge in [-0.2, -0.15) is 0 Å². The van der Waals surface area contributed by atoms with Crippen LogP contribution in [0.4, 0.5) is 5.69 Å². The smallest absolute Gasteiger partial charge is 0.282 e. The fourth-order valence-electron chi connectivity index (χ4n) is 3.40. The second-order valence-electron chi connectivity index (χ2n) is 6.87. The lowest BCUT2D eigenvalue weighted by molar-refractivity contribution is -0.117. The molecule has 0 radical (unpaired) electrons. The molecule has 4 amide bonds. The van der Waals surface area contributed by atoms with Gasteiger partial charge in [-0.1, -0.05) is 23.7 Å². The van der Waals surface area contributed by atoms with Crippen LogP contribution in [-0.4, -0.2) is 23.6 Å². The minimum Gasteiger partial charge on any atom is -0.457 e. The van der Waals surface area contributed by atoms with Crippen molar-refractivity contribution in [3.05, 3.63) is 82.1 Å². The molecule has 0 atom stereocenters. The quantitative estimate of drug-likeness (QED) is 0.375. The summed E-state index contributed by atoms with van der Waals surface area (Å²) < 4.78 is 5.75. The highest BCUT2D eigenvalue weighted by molar-refractivity contribution is 6.33. The number of carbonyl (C=O) groups excluding carboxylic acids is 4. The summed E-state index contributed by atoms with van der Waals surface area (Å²) in [6.07, 6.45) is 1.34. The second-order valence-corrected chi connectivity index (χ2v) is 7.30. The summed E-state index contributed by atoms with van der Waals surface area (Å²) in [7, 11) is 0. The first kappa shape index (κ1) is 18.8. The van der Waals surface area contributed by atoms with Crippen molar-refractivity contribution in [2.45, 2.75) is 0 Å². The minimum absolute atomic E-state index is 0.0974. The van der Waals surface area contributed by atoms with E-state index in [0.29, 0.717) is 27.6 Å². The fourth-order valence-corrected chi connectivity index (χ4v) is 3.59. The van der Waals surface area contributed by atoms with E-state index in [1.807, 2.05) is 0 Å². The zero-order chi connectivity index (χ0) is 21.7. The Bertz CT molecular complexity index is 1340. The zero-order valence-electron chi connectivity index (χ0n) is 15.6. The first-order valence-electron chi connectivity index (χ1n) is 9.13. The summed E-state index contributed by atoms with van der Waals surface area (Å²) in [5.41, 5.74) is 3.97. The van der Waals surface area contributed by atoms with Gasteiger partial charge in [-0.3, -0.25) is 29.9 Å². The number of nitrogens with zero attached hydrogens (tertiary/aromatic N) is 1. The third kappa shape index (κ3) is 3.19. The lowest BCUT2D eigenvalue weighted by Gasteiger charge is -2.14. The molecule has 152 valence electrons. The number of furan rings is 1. The predicted octanol–water partition coefficient (Wildman–Crippen LogP) is 2.95. The Kier molecular flexibility index (Phi) is 4.23. The van der Waals surface area contributed by atoms with E-state index in [-0.39, 0.29) is 16.9 Å². The zero-order valence-corrected chi connectivity index (χ0v) is 16.4. The van der Waals surface area contributed by atoms with Crippen molar-refractivity contribution in [1.82, 2.24) is 10.7 Å². The van der Waals surface area contributed by atoms with Crippen LogP contribution in [0.15, 0.2) is 64.6 Å². The molecule has 0 unspecified atom stereocenters. The van der Waals surface area contributed by atoms with Crippen LogP contribution in [0.2, 0.25) is 5.02 Å². The maximum Gasteiger partial charge on any atom is 0.282 e. The van der Waals surface area contributed by atoms with Crippen LogP contribution in [0, 0.1) is 0 Å². The van der Waals surface area contributed by atoms with Crippen molar-refractivity contribution >= 4 is 47.0 Å². The Hall–Kier alpha value is -4.17. The van der Waals surface area contributed by atoms with Crippen LogP contribution < -0.4 is 15.8 Å². The molecule has 0 aliphatic carbocycles. The first-order valence-corrected chi connectivity index (χ1v) is 9.51. The molecule has 2 aromatic carbocycles. The van der Waals surface area contributed by atoms with Crippen LogP contribution >= 0.6 is 11.6 Å². The molecule has 3 heterocycles. The number of carbonyl (C=O) groups is 4. The lowest BCUT2D eigenvalue weighted by atomic mass is 10.0. The highest BCUT2D eigenvalue weighted by atomic mass is 35.5. The van der Waals surface area contributed by atoms with E-state index in [4.69, 9.17) is 16.0 Å². The van der Waals surface area contributed by atoms with Crippen molar-refractivity contribution in [2.75, 3.05) is 5.01 Å². The van der Waals surface area contributed by atoms with Gasteiger partial charge >= 0.3 is 0 Å². The number of benzene rings is 2. The number of imide groups is 1. The molecule has 0 saturated carbocycles. The number of hydrogen-bond donors (Lipinski definition) is 2. The van der Waals surface area contributed by atoms with Crippen molar-refractivity contribution in [3.8, 4) is 11.3 Å². The molecular formula is C22H12ClN3O5. The molecule has 1 aromatic heterocycles. The number of hydrazine groups is 1. The van der Waals surface area contributed by atoms with Crippen molar-refractivity contribution in [1.29, 1.82) is 0 Å². The average Bonchev–Trinajstić information content (AvgIpc) is 3.41. The Balaban J connectivity index is 1.43. The highest BCUT2D eigenvalue weighted by Crippen LogP contribution is 2.29. The van der Waals surface area contributed by atoms with Gasteiger partial charge in [0.1, 0.15) is 17.1 Å². The molecular weight excluding hydrogens is 422 g/mol. The molecule has 2 N–H and O–H groups in total. The molecule has 1 fully saturated rings. The molecule has 0 bridgehead atoms. The number of anilines is 1. The van der Waals surface area contributed by atoms with Crippen LogP contribution in [0.3, 0.4) is 0 Å². The third-order valence-electron chi connectivity index (χ3n) is 4.89. The molecule has 3 aromatic rings. The van der Waals surface area contributed by atoms with Gasteiger partial charge in [-0.15, -0.1) is 0 Å². The highest BCUT2D eigenvalue weighted by Gasteiger charge is 2.35. The lowest BCUT2D eigenvalue weighted by Crippen LogP contribution is -2.35. The number of halogens is 1. The Morgan fingerprint density at radius 3 is 2.48 bits per heavy atom. The van der Waals surface area contributed by atoms with Gasteiger partial charge < -0.3 is 4.42 Å². The summed E-state index contributed by atoms with van der Waals surface area (Å²) >= 11 is 5.96. The summed E-state index contributed by atoms with van der Waals surface area (Å²) in [6, 6.07) is 14.5. The third-order valence-corrected chi connectivity index (χ3v) is 5.13. The monoisotopic (exact) mass is 433 g/mol. The molecule has 2 aliphatic heterocycles. The maximum absolute atomic E-state index is 12.7. The number of fused-ring (bicyclic) bond motifs is 1. The fraction of sp³-hybridized carbons (Fsp3) is 0. The van der Waals surface area contributed by atoms with Crippen molar-refractivity contribution in [2.24, 2.45) is 0 Å². The number of hydrogen-bond acceptors (Lipinski definition) is 5. The molecule has 8 nitrogen and oxygen atoms in total. The van der Waals surface area contributed by atoms with Gasteiger partial charge in [0.15, 0.2) is 0 Å². The minimum atomic E-state index is -0.573. The molecule has 31 heavy (non-hydrogen) atoms. The summed E-state index contributed by atoms with van der Waals surface area (Å²) in [5, 5.41) is 3.77. The largest absolute Gasteiger partial charge is 0.457 e. The molecule has 1 saturated heterocycles. The standard InChI is InChI=1S/C22H12ClN3O5/c23-12-2-1-3-13(9-12)26-22(30)17(21(29)25-26)10-14-5-7-18(31-14)11-4-6-15-16(8-11)20(28)24-19(15)27/h1-10H,(H,25,29)(H,24,27,28). The van der Waals surface area contributed by atoms with Crippen molar-refractivity contribution < 1.29 is 23.6 Å². The van der Waals surface area contributed by atoms with Gasteiger partial charge in [-0.25, -0.2) is 5.01 Å². The van der Waals surface area contributed by atoms with Gasteiger partial charge in [0.25, 0.3) is 23.6 Å². The summed E-state index contributed by atoms with van der Waals surface area (Å²) in [4.78, 5) is 48.6. The Morgan fingerprint density at radius 2 is 1.68 bits per heavy atom. The van der Waals surface area contributed by atoms with E-state index in [0.717, 1.165) is 5.01 Å². The Labute approximate surface area is 180 Å². The van der Waals surface area contributed by atoms with Crippen LogP contribution in [0.5, 0.6) is 0 Å². The SMILES string of the molecule is O=C1NN(c2cccc(Cl)c2)C(=O)C1=Cc1ccc(-c2ccc3c(c2)C(=O)NC3=O)o1. The van der Waals surface area contributed by atoms with Gasteiger partial charge in [-0.05, 0) is 48.5 Å². The average molecular weight is 434 g/mol. The van der Waals surface area contributed by atoms with Crippen LogP contribution in [-0.2, 0) is 9.59 Å². The molecule has 2 aliphatic rings. The Morgan fingerprint density at radius 1 is 0.871 bits per heavy atom. The van der Waals surface area contributed by atoms with Gasteiger partial charge in [0.05, 0.1) is 16.8 Å². The second kappa shape index (κ2) is 6.96. The summed E-state index contributed by atoms with van der Waals surface area (Å²) in [5.74, 6) is -1.33. The van der Waals surface area contributed by atoms with Crippen LogP contribution in [0.1, 0.15) is 26.5 Å². The molecule has 9 heteroatoms. The normalized spacial score (nSPS) is 16.7. The topological polar surface area (TPSA) is 109 Å². The van der Waals surface area contributed by atoms with E-state index >= 15 is 0 Å². The van der Waals surface area contributed by atoms with E-state index in [9.17, 15) is 19.2 Å². The van der Waals surface area contributed by atoms with Gasteiger partial charge in [0, 0.05) is 10.6 Å². The first-order chi connectivity index (χ1) is 14.9. The predicted molar refractivity (Wildman–Crippen MR) is 111 cm³/mol. The number of rotatable bonds is 3. The molecule has 0 spiro atoms. The van der Waals surface area contributed by atoms with Crippen LogP contribution in [0.25, 0.3) is 17.4 Å². The van der Waals surface area contributed by atoms with E-state index < -0.39 is 23.6 Å². The molecule has 5 rings (SSSR count). The van der Waals surface area contributed by atoms with E-state index in [2.05, 4.69) is 10.7 Å². The van der Waals surface area contributed by atoms with E-state index in [1.54, 1.807) is 54.6 Å². The number of nitrogens with one attached hydrogen (secondary N) is 2. The van der Waals surface area contributed by atoms with Gasteiger partial charge in [0.2, 0.25) is 0 Å². The van der Waals surface area contributed by atoms with E-state index in [1.165, 1.54) is 6.08 Å². The maximum atomic E-state index is 12.7. The van der Waals surface area contributed by atoms with Crippen molar-refractivity contribution in [3.63, 3.8) is 0 Å².